The van der Waals surface area contributed by atoms with Gasteiger partial charge in [-0.3, -0.25) is 4.79 Å². The number of nitriles is 1. The highest BCUT2D eigenvalue weighted by atomic mass is 79.9. The lowest BCUT2D eigenvalue weighted by atomic mass is 10.2. The number of amides is 1. The van der Waals surface area contributed by atoms with E-state index in [1.54, 1.807) is 18.2 Å². The Kier molecular flexibility index (Phi) is 5.34. The van der Waals surface area contributed by atoms with Crippen LogP contribution in [0.4, 0.5) is 0 Å². The summed E-state index contributed by atoms with van der Waals surface area (Å²) in [5, 5.41) is 11.6. The van der Waals surface area contributed by atoms with Gasteiger partial charge in [0.1, 0.15) is 23.2 Å². The number of halogens is 1. The van der Waals surface area contributed by atoms with Crippen LogP contribution in [-0.2, 0) is 4.79 Å². The summed E-state index contributed by atoms with van der Waals surface area (Å²) < 4.78 is 6.63. The van der Waals surface area contributed by atoms with Crippen LogP contribution in [0.2, 0.25) is 0 Å². The number of carbonyl (C=O) groups is 1. The summed E-state index contributed by atoms with van der Waals surface area (Å²) in [5.74, 6) is 0.662. The Morgan fingerprint density at radius 3 is 2.68 bits per heavy atom. The lowest BCUT2D eigenvalue weighted by molar-refractivity contribution is -0.116. The van der Waals surface area contributed by atoms with Gasteiger partial charge in [-0.1, -0.05) is 34.1 Å². The van der Waals surface area contributed by atoms with Crippen LogP contribution in [0.1, 0.15) is 5.76 Å². The minimum absolute atomic E-state index is 0.0152. The van der Waals surface area contributed by atoms with Crippen LogP contribution >= 0.6 is 15.9 Å². The molecule has 0 bridgehead atoms. The number of nitrogens with one attached hydrogen (secondary N) is 1. The molecule has 5 heteroatoms. The molecule has 0 saturated heterocycles. The van der Waals surface area contributed by atoms with Crippen molar-refractivity contribution in [2.75, 3.05) is 6.54 Å². The molecular formula is C17H13BrN2O2. The molecule has 1 aromatic heterocycles. The first kappa shape index (κ1) is 15.8. The molecule has 0 aliphatic rings. The zero-order valence-electron chi connectivity index (χ0n) is 11.7. The summed E-state index contributed by atoms with van der Waals surface area (Å²) in [6.07, 6.45) is 2.96. The minimum atomic E-state index is -0.455. The molecule has 22 heavy (non-hydrogen) atoms. The molecule has 2 aromatic rings. The number of hydrogen-bond donors (Lipinski definition) is 1. The zero-order chi connectivity index (χ0) is 15.9. The second-order valence-electron chi connectivity index (χ2n) is 4.38. The predicted octanol–water partition coefficient (Wildman–Crippen LogP) is 3.92. The van der Waals surface area contributed by atoms with Gasteiger partial charge in [-0.25, -0.2) is 0 Å². The van der Waals surface area contributed by atoms with E-state index in [2.05, 4.69) is 27.8 Å². The van der Waals surface area contributed by atoms with Crippen LogP contribution in [0.25, 0.3) is 17.4 Å². The smallest absolute Gasteiger partial charge is 0.262 e. The highest BCUT2D eigenvalue weighted by Crippen LogP contribution is 2.24. The summed E-state index contributed by atoms with van der Waals surface area (Å²) in [5.41, 5.74) is 0.899. The summed E-state index contributed by atoms with van der Waals surface area (Å²) in [4.78, 5) is 11.8. The molecule has 0 spiro atoms. The molecule has 0 fully saturated rings. The van der Waals surface area contributed by atoms with Crippen LogP contribution in [0.5, 0.6) is 0 Å². The lowest BCUT2D eigenvalue weighted by Gasteiger charge is -1.99. The maximum absolute atomic E-state index is 11.8. The zero-order valence-corrected chi connectivity index (χ0v) is 13.3. The van der Waals surface area contributed by atoms with Crippen LogP contribution in [-0.4, -0.2) is 12.5 Å². The molecule has 0 unspecified atom stereocenters. The van der Waals surface area contributed by atoms with Crippen molar-refractivity contribution in [2.24, 2.45) is 0 Å². The fourth-order valence-corrected chi connectivity index (χ4v) is 2.01. The molecule has 2 rings (SSSR count). The van der Waals surface area contributed by atoms with E-state index in [0.717, 1.165) is 10.0 Å². The fourth-order valence-electron chi connectivity index (χ4n) is 1.75. The highest BCUT2D eigenvalue weighted by Gasteiger charge is 2.10. The quantitative estimate of drug-likeness (QED) is 0.501. The third-order valence-corrected chi connectivity index (χ3v) is 3.34. The normalized spacial score (nSPS) is 10.8. The number of furan rings is 1. The number of benzene rings is 1. The first-order valence-electron chi connectivity index (χ1n) is 6.50. The fraction of sp³-hybridized carbons (Fsp3) is 0.0588. The molecule has 0 aliphatic carbocycles. The summed E-state index contributed by atoms with van der Waals surface area (Å²) in [6.45, 7) is 3.81. The van der Waals surface area contributed by atoms with Gasteiger partial charge in [0.2, 0.25) is 0 Å². The number of carbonyl (C=O) groups excluding carboxylic acids is 1. The van der Waals surface area contributed by atoms with Crippen LogP contribution in [0.3, 0.4) is 0 Å². The van der Waals surface area contributed by atoms with Crippen LogP contribution < -0.4 is 5.32 Å². The number of nitrogens with zero attached hydrogens (tertiary/aromatic N) is 1. The average Bonchev–Trinajstić information content (AvgIpc) is 2.99. The molecule has 110 valence electrons. The molecule has 0 saturated carbocycles. The lowest BCUT2D eigenvalue weighted by Crippen LogP contribution is -2.24. The van der Waals surface area contributed by atoms with Gasteiger partial charge in [0.25, 0.3) is 5.91 Å². The van der Waals surface area contributed by atoms with E-state index in [-0.39, 0.29) is 5.57 Å². The Bertz CT molecular complexity index is 752. The van der Waals surface area contributed by atoms with E-state index in [1.807, 2.05) is 30.3 Å². The molecule has 1 aromatic carbocycles. The third-order valence-electron chi connectivity index (χ3n) is 2.81. The van der Waals surface area contributed by atoms with Gasteiger partial charge in [-0.15, -0.1) is 6.58 Å². The SMILES string of the molecule is C=CCNC(=O)/C(C#N)=C/c1ccc(-c2ccc(Br)cc2)o1. The largest absolute Gasteiger partial charge is 0.457 e. The van der Waals surface area contributed by atoms with E-state index in [4.69, 9.17) is 9.68 Å². The summed E-state index contributed by atoms with van der Waals surface area (Å²) >= 11 is 3.37. The minimum Gasteiger partial charge on any atom is -0.457 e. The Labute approximate surface area is 136 Å². The van der Waals surface area contributed by atoms with Crippen molar-refractivity contribution in [1.29, 1.82) is 5.26 Å². The van der Waals surface area contributed by atoms with Crippen molar-refractivity contribution in [3.8, 4) is 17.4 Å². The average molecular weight is 357 g/mol. The Hall–Kier alpha value is -2.58. The van der Waals surface area contributed by atoms with Crippen molar-refractivity contribution in [1.82, 2.24) is 5.32 Å². The molecule has 1 N–H and O–H groups in total. The molecule has 0 aliphatic heterocycles. The van der Waals surface area contributed by atoms with Gasteiger partial charge in [0.15, 0.2) is 0 Å². The van der Waals surface area contributed by atoms with E-state index < -0.39 is 5.91 Å². The molecular weight excluding hydrogens is 344 g/mol. The van der Waals surface area contributed by atoms with Gasteiger partial charge in [0, 0.05) is 22.7 Å². The Morgan fingerprint density at radius 2 is 2.05 bits per heavy atom. The van der Waals surface area contributed by atoms with E-state index in [0.29, 0.717) is 18.1 Å². The van der Waals surface area contributed by atoms with Crippen molar-refractivity contribution < 1.29 is 9.21 Å². The van der Waals surface area contributed by atoms with Crippen molar-refractivity contribution in [3.05, 3.63) is 64.9 Å². The summed E-state index contributed by atoms with van der Waals surface area (Å²) in [6, 6.07) is 13.0. The maximum atomic E-state index is 11.8. The first-order valence-corrected chi connectivity index (χ1v) is 7.30. The second kappa shape index (κ2) is 7.43. The highest BCUT2D eigenvalue weighted by molar-refractivity contribution is 9.10. The van der Waals surface area contributed by atoms with Gasteiger partial charge in [0.05, 0.1) is 0 Å². The molecule has 1 heterocycles. The van der Waals surface area contributed by atoms with Gasteiger partial charge < -0.3 is 9.73 Å². The van der Waals surface area contributed by atoms with Gasteiger partial charge in [-0.05, 0) is 24.3 Å². The monoisotopic (exact) mass is 356 g/mol. The second-order valence-corrected chi connectivity index (χ2v) is 5.29. The Balaban J connectivity index is 2.21. The summed E-state index contributed by atoms with van der Waals surface area (Å²) in [7, 11) is 0. The topological polar surface area (TPSA) is 66.0 Å². The number of rotatable bonds is 5. The van der Waals surface area contributed by atoms with Crippen LogP contribution in [0, 0.1) is 11.3 Å². The predicted molar refractivity (Wildman–Crippen MR) is 88.6 cm³/mol. The molecule has 4 nitrogen and oxygen atoms in total. The molecule has 0 radical (unpaired) electrons. The van der Waals surface area contributed by atoms with E-state index in [1.165, 1.54) is 6.08 Å². The number of hydrogen-bond acceptors (Lipinski definition) is 3. The van der Waals surface area contributed by atoms with Crippen LogP contribution in [0.15, 0.2) is 63.5 Å². The standard InChI is InChI=1S/C17H13BrN2O2/c1-2-9-20-17(21)13(11-19)10-15-7-8-16(22-15)12-3-5-14(18)6-4-12/h2-8,10H,1,9H2,(H,20,21)/b13-10+. The van der Waals surface area contributed by atoms with Crippen molar-refractivity contribution in [2.45, 2.75) is 0 Å². The van der Waals surface area contributed by atoms with E-state index in [9.17, 15) is 4.79 Å². The molecule has 0 atom stereocenters. The Morgan fingerprint density at radius 1 is 1.32 bits per heavy atom. The maximum Gasteiger partial charge on any atom is 0.262 e. The van der Waals surface area contributed by atoms with Crippen molar-refractivity contribution in [3.63, 3.8) is 0 Å². The first-order chi connectivity index (χ1) is 10.6. The van der Waals surface area contributed by atoms with E-state index >= 15 is 0 Å². The van der Waals surface area contributed by atoms with Crippen molar-refractivity contribution >= 4 is 27.9 Å². The van der Waals surface area contributed by atoms with Gasteiger partial charge >= 0.3 is 0 Å². The van der Waals surface area contributed by atoms with Gasteiger partial charge in [-0.2, -0.15) is 5.26 Å². The third kappa shape index (κ3) is 3.96. The molecule has 1 amide bonds.